The summed E-state index contributed by atoms with van der Waals surface area (Å²) in [5, 5.41) is 2.72. The van der Waals surface area contributed by atoms with Crippen molar-refractivity contribution in [1.82, 2.24) is 5.32 Å². The fourth-order valence-corrected chi connectivity index (χ4v) is 1.37. The smallest absolute Gasteiger partial charge is 0.254 e. The second-order valence-corrected chi connectivity index (χ2v) is 3.51. The summed E-state index contributed by atoms with van der Waals surface area (Å²) >= 11 is 0. The molecule has 0 spiro atoms. The van der Waals surface area contributed by atoms with E-state index in [1.54, 1.807) is 19.2 Å². The Morgan fingerprint density at radius 1 is 1.50 bits per heavy atom. The molecule has 0 fully saturated rings. The summed E-state index contributed by atoms with van der Waals surface area (Å²) in [6.07, 6.45) is 0.744. The first-order valence-electron chi connectivity index (χ1n) is 5.23. The maximum atomic E-state index is 13.3. The number of rotatable bonds is 5. The Morgan fingerprint density at radius 2 is 2.19 bits per heavy atom. The number of benzene rings is 1. The lowest BCUT2D eigenvalue weighted by Gasteiger charge is -2.15. The second-order valence-electron chi connectivity index (χ2n) is 3.51. The van der Waals surface area contributed by atoms with Gasteiger partial charge in [0.2, 0.25) is 0 Å². The monoisotopic (exact) mass is 225 g/mol. The van der Waals surface area contributed by atoms with Crippen LogP contribution in [0.5, 0.6) is 0 Å². The predicted octanol–water partition coefficient (Wildman–Crippen LogP) is 1.98. The van der Waals surface area contributed by atoms with Crippen molar-refractivity contribution in [3.63, 3.8) is 0 Å². The van der Waals surface area contributed by atoms with E-state index in [-0.39, 0.29) is 11.6 Å². The van der Waals surface area contributed by atoms with Gasteiger partial charge < -0.3 is 10.1 Å². The molecule has 0 saturated heterocycles. The summed E-state index contributed by atoms with van der Waals surface area (Å²) in [6, 6.07) is 5.83. The Balaban J connectivity index is 2.68. The van der Waals surface area contributed by atoms with Crippen molar-refractivity contribution in [1.29, 1.82) is 0 Å². The van der Waals surface area contributed by atoms with E-state index in [0.29, 0.717) is 6.61 Å². The molecule has 1 aromatic carbocycles. The number of methoxy groups -OCH3 is 1. The summed E-state index contributed by atoms with van der Waals surface area (Å²) < 4.78 is 18.2. The first-order valence-corrected chi connectivity index (χ1v) is 5.23. The van der Waals surface area contributed by atoms with Crippen molar-refractivity contribution < 1.29 is 13.9 Å². The van der Waals surface area contributed by atoms with Gasteiger partial charge in [-0.15, -0.1) is 0 Å². The van der Waals surface area contributed by atoms with Crippen LogP contribution in [0.25, 0.3) is 0 Å². The molecule has 0 radical (unpaired) electrons. The highest BCUT2D eigenvalue weighted by Crippen LogP contribution is 2.06. The molecule has 1 rings (SSSR count). The van der Waals surface area contributed by atoms with Crippen LogP contribution in [0.15, 0.2) is 24.3 Å². The van der Waals surface area contributed by atoms with Crippen LogP contribution < -0.4 is 5.32 Å². The zero-order valence-corrected chi connectivity index (χ0v) is 9.50. The predicted molar refractivity (Wildman–Crippen MR) is 59.8 cm³/mol. The molecule has 0 aliphatic heterocycles. The van der Waals surface area contributed by atoms with Gasteiger partial charge in [0.05, 0.1) is 18.2 Å². The Kier molecular flexibility index (Phi) is 4.92. The highest BCUT2D eigenvalue weighted by molar-refractivity contribution is 5.94. The summed E-state index contributed by atoms with van der Waals surface area (Å²) in [6.45, 7) is 2.36. The fourth-order valence-electron chi connectivity index (χ4n) is 1.37. The molecule has 16 heavy (non-hydrogen) atoms. The molecule has 1 unspecified atom stereocenters. The third-order valence-corrected chi connectivity index (χ3v) is 2.31. The second kappa shape index (κ2) is 6.23. The molecule has 0 heterocycles. The van der Waals surface area contributed by atoms with E-state index in [2.05, 4.69) is 5.32 Å². The summed E-state index contributed by atoms with van der Waals surface area (Å²) in [7, 11) is 1.57. The number of ether oxygens (including phenoxy) is 1. The zero-order valence-electron chi connectivity index (χ0n) is 9.50. The normalized spacial score (nSPS) is 12.2. The van der Waals surface area contributed by atoms with Crippen molar-refractivity contribution in [3.05, 3.63) is 35.6 Å². The van der Waals surface area contributed by atoms with Crippen LogP contribution in [-0.2, 0) is 4.74 Å². The van der Waals surface area contributed by atoms with Crippen LogP contribution in [-0.4, -0.2) is 25.7 Å². The van der Waals surface area contributed by atoms with Crippen LogP contribution in [0.3, 0.4) is 0 Å². The van der Waals surface area contributed by atoms with Crippen LogP contribution in [0.4, 0.5) is 4.39 Å². The fraction of sp³-hybridized carbons (Fsp3) is 0.417. The van der Waals surface area contributed by atoms with Crippen molar-refractivity contribution >= 4 is 5.91 Å². The lowest BCUT2D eigenvalue weighted by atomic mass is 10.1. The van der Waals surface area contributed by atoms with Gasteiger partial charge in [-0.3, -0.25) is 4.79 Å². The Morgan fingerprint density at radius 3 is 2.75 bits per heavy atom. The maximum Gasteiger partial charge on any atom is 0.254 e. The highest BCUT2D eigenvalue weighted by Gasteiger charge is 2.14. The first-order chi connectivity index (χ1) is 7.69. The van der Waals surface area contributed by atoms with Crippen molar-refractivity contribution in [2.24, 2.45) is 0 Å². The molecule has 0 aliphatic carbocycles. The summed E-state index contributed by atoms with van der Waals surface area (Å²) in [4.78, 5) is 11.7. The molecule has 1 N–H and O–H groups in total. The molecule has 0 saturated carbocycles. The molecule has 0 aliphatic rings. The van der Waals surface area contributed by atoms with Gasteiger partial charge in [0.25, 0.3) is 5.91 Å². The molecule has 1 atom stereocenters. The summed E-state index contributed by atoms with van der Waals surface area (Å²) in [5.41, 5.74) is 0.0667. The van der Waals surface area contributed by atoms with E-state index in [1.165, 1.54) is 12.1 Å². The average molecular weight is 225 g/mol. The van der Waals surface area contributed by atoms with Crippen molar-refractivity contribution in [3.8, 4) is 0 Å². The lowest BCUT2D eigenvalue weighted by Crippen LogP contribution is -2.37. The molecule has 0 bridgehead atoms. The van der Waals surface area contributed by atoms with Crippen LogP contribution in [0.2, 0.25) is 0 Å². The maximum absolute atomic E-state index is 13.3. The largest absolute Gasteiger partial charge is 0.383 e. The van der Waals surface area contributed by atoms with Gasteiger partial charge in [-0.2, -0.15) is 0 Å². The molecular weight excluding hydrogens is 209 g/mol. The van der Waals surface area contributed by atoms with Gasteiger partial charge >= 0.3 is 0 Å². The molecular formula is C12H16FNO2. The third-order valence-electron chi connectivity index (χ3n) is 2.31. The Bertz CT molecular complexity index is 355. The number of carbonyl (C=O) groups is 1. The topological polar surface area (TPSA) is 38.3 Å². The lowest BCUT2D eigenvalue weighted by molar-refractivity contribution is 0.0890. The zero-order chi connectivity index (χ0) is 12.0. The minimum Gasteiger partial charge on any atom is -0.383 e. The van der Waals surface area contributed by atoms with Gasteiger partial charge in [0.15, 0.2) is 0 Å². The Labute approximate surface area is 94.6 Å². The van der Waals surface area contributed by atoms with Crippen LogP contribution in [0.1, 0.15) is 23.7 Å². The minimum atomic E-state index is -0.507. The quantitative estimate of drug-likeness (QED) is 0.832. The van der Waals surface area contributed by atoms with E-state index in [9.17, 15) is 9.18 Å². The van der Waals surface area contributed by atoms with Crippen LogP contribution >= 0.6 is 0 Å². The van der Waals surface area contributed by atoms with Gasteiger partial charge in [-0.1, -0.05) is 19.1 Å². The molecule has 1 amide bonds. The van der Waals surface area contributed by atoms with Gasteiger partial charge in [-0.05, 0) is 18.6 Å². The van der Waals surface area contributed by atoms with Crippen molar-refractivity contribution in [2.75, 3.05) is 13.7 Å². The van der Waals surface area contributed by atoms with Gasteiger partial charge in [0.1, 0.15) is 5.82 Å². The minimum absolute atomic E-state index is 0.0667. The highest BCUT2D eigenvalue weighted by atomic mass is 19.1. The molecule has 4 heteroatoms. The molecule has 0 aromatic heterocycles. The molecule has 3 nitrogen and oxygen atoms in total. The Hall–Kier alpha value is -1.42. The van der Waals surface area contributed by atoms with Gasteiger partial charge in [-0.25, -0.2) is 4.39 Å². The van der Waals surface area contributed by atoms with E-state index in [4.69, 9.17) is 4.74 Å². The number of hydrogen-bond donors (Lipinski definition) is 1. The van der Waals surface area contributed by atoms with Gasteiger partial charge in [0, 0.05) is 7.11 Å². The number of halogens is 1. The van der Waals surface area contributed by atoms with E-state index in [1.807, 2.05) is 6.92 Å². The standard InChI is InChI=1S/C12H16FNO2/c1-3-9(8-16-2)14-12(15)10-6-4-5-7-11(10)13/h4-7,9H,3,8H2,1-2H3,(H,14,15). The van der Waals surface area contributed by atoms with E-state index < -0.39 is 11.7 Å². The van der Waals surface area contributed by atoms with E-state index in [0.717, 1.165) is 6.42 Å². The van der Waals surface area contributed by atoms with Crippen molar-refractivity contribution in [2.45, 2.75) is 19.4 Å². The van der Waals surface area contributed by atoms with E-state index >= 15 is 0 Å². The average Bonchev–Trinajstić information content (AvgIpc) is 2.28. The SMILES string of the molecule is CCC(COC)NC(=O)c1ccccc1F. The number of hydrogen-bond acceptors (Lipinski definition) is 2. The first kappa shape index (κ1) is 12.6. The third kappa shape index (κ3) is 3.31. The van der Waals surface area contributed by atoms with Crippen LogP contribution in [0, 0.1) is 5.82 Å². The molecule has 88 valence electrons. The summed E-state index contributed by atoms with van der Waals surface area (Å²) in [5.74, 6) is -0.908. The number of carbonyl (C=O) groups excluding carboxylic acids is 1. The number of amides is 1. The molecule has 1 aromatic rings. The number of nitrogens with one attached hydrogen (secondary N) is 1.